The summed E-state index contributed by atoms with van der Waals surface area (Å²) in [5, 5.41) is 0.595. The maximum atomic E-state index is 12.8. The molecule has 2 atom stereocenters. The number of halogens is 1. The second-order valence-corrected chi connectivity index (χ2v) is 7.31. The molecule has 0 saturated carbocycles. The van der Waals surface area contributed by atoms with E-state index in [1.165, 1.54) is 0 Å². The Morgan fingerprint density at radius 3 is 2.62 bits per heavy atom. The predicted molar refractivity (Wildman–Crippen MR) is 99.5 cm³/mol. The van der Waals surface area contributed by atoms with Gasteiger partial charge >= 0.3 is 0 Å². The van der Waals surface area contributed by atoms with E-state index in [0.717, 1.165) is 30.9 Å². The van der Waals surface area contributed by atoms with Crippen LogP contribution >= 0.6 is 11.6 Å². The topological polar surface area (TPSA) is 38.1 Å². The lowest BCUT2D eigenvalue weighted by Gasteiger charge is -2.36. The largest absolute Gasteiger partial charge is 0.356 e. The molecule has 5 heteroatoms. The molecule has 0 bridgehead atoms. The zero-order valence-electron chi connectivity index (χ0n) is 14.7. The molecule has 4 nitrogen and oxygen atoms in total. The number of anilines is 1. The first-order valence-corrected chi connectivity index (χ1v) is 8.87. The van der Waals surface area contributed by atoms with E-state index in [0.29, 0.717) is 28.4 Å². The predicted octanol–water partition coefficient (Wildman–Crippen LogP) is 3.99. The smallest absolute Gasteiger partial charge is 0.260 e. The van der Waals surface area contributed by atoms with E-state index in [2.05, 4.69) is 18.7 Å². The fourth-order valence-corrected chi connectivity index (χ4v) is 3.52. The molecule has 24 heavy (non-hydrogen) atoms. The summed E-state index contributed by atoms with van der Waals surface area (Å²) in [4.78, 5) is 19.7. The summed E-state index contributed by atoms with van der Waals surface area (Å²) in [7, 11) is 0. The minimum Gasteiger partial charge on any atom is -0.356 e. The van der Waals surface area contributed by atoms with Crippen molar-refractivity contribution < 1.29 is 0 Å². The highest BCUT2D eigenvalue weighted by molar-refractivity contribution is 6.33. The van der Waals surface area contributed by atoms with Crippen molar-refractivity contribution in [1.29, 1.82) is 0 Å². The molecule has 1 aliphatic heterocycles. The van der Waals surface area contributed by atoms with Crippen LogP contribution < -0.4 is 10.5 Å². The van der Waals surface area contributed by atoms with Crippen LogP contribution in [0.5, 0.6) is 0 Å². The molecule has 0 aliphatic carbocycles. The Kier molecular flexibility index (Phi) is 4.68. The number of benzene rings is 1. The van der Waals surface area contributed by atoms with Gasteiger partial charge in [-0.3, -0.25) is 9.36 Å². The molecule has 3 rings (SSSR count). The SMILES string of the molecule is Cc1cccc(-n2c(C)nc(N3CC[C@@H](C)[C@@H](C)C3)cc2=O)c1Cl. The maximum absolute atomic E-state index is 12.8. The van der Waals surface area contributed by atoms with Gasteiger partial charge in [-0.25, -0.2) is 4.98 Å². The minimum absolute atomic E-state index is 0.0868. The van der Waals surface area contributed by atoms with Crippen molar-refractivity contribution in [3.63, 3.8) is 0 Å². The standard InChI is InChI=1S/C19H24ClN3O/c1-12-8-9-22(11-14(12)3)17-10-18(24)23(15(4)21-17)16-7-5-6-13(2)19(16)20/h5-7,10,12,14H,8-9,11H2,1-4H3/t12-,14+/m1/s1. The highest BCUT2D eigenvalue weighted by Crippen LogP contribution is 2.27. The minimum atomic E-state index is -0.0868. The molecule has 1 aromatic heterocycles. The summed E-state index contributed by atoms with van der Waals surface area (Å²) in [5.74, 6) is 2.76. The monoisotopic (exact) mass is 345 g/mol. The number of hydrogen-bond donors (Lipinski definition) is 0. The van der Waals surface area contributed by atoms with Crippen LogP contribution in [-0.2, 0) is 0 Å². The number of nitrogens with zero attached hydrogens (tertiary/aromatic N) is 3. The quantitative estimate of drug-likeness (QED) is 0.826. The van der Waals surface area contributed by atoms with E-state index in [1.54, 1.807) is 10.6 Å². The Hall–Kier alpha value is -1.81. The maximum Gasteiger partial charge on any atom is 0.260 e. The third kappa shape index (κ3) is 3.07. The van der Waals surface area contributed by atoms with Gasteiger partial charge < -0.3 is 4.90 Å². The van der Waals surface area contributed by atoms with Gasteiger partial charge in [0, 0.05) is 19.2 Å². The van der Waals surface area contributed by atoms with Crippen LogP contribution in [0.15, 0.2) is 29.1 Å². The first-order valence-electron chi connectivity index (χ1n) is 8.49. The zero-order chi connectivity index (χ0) is 17.4. The Bertz CT molecular complexity index is 815. The Labute approximate surface area is 148 Å². The third-order valence-corrected chi connectivity index (χ3v) is 5.64. The molecule has 2 heterocycles. The van der Waals surface area contributed by atoms with Gasteiger partial charge in [-0.15, -0.1) is 0 Å². The van der Waals surface area contributed by atoms with E-state index >= 15 is 0 Å². The van der Waals surface area contributed by atoms with Gasteiger partial charge in [0.25, 0.3) is 5.56 Å². The molecular formula is C19H24ClN3O. The van der Waals surface area contributed by atoms with E-state index < -0.39 is 0 Å². The zero-order valence-corrected chi connectivity index (χ0v) is 15.5. The van der Waals surface area contributed by atoms with Gasteiger partial charge in [-0.05, 0) is 43.7 Å². The van der Waals surface area contributed by atoms with Crippen LogP contribution in [0, 0.1) is 25.7 Å². The second-order valence-electron chi connectivity index (χ2n) is 6.93. The average Bonchev–Trinajstić information content (AvgIpc) is 2.53. The fraction of sp³-hybridized carbons (Fsp3) is 0.474. The molecule has 0 radical (unpaired) electrons. The molecule has 0 N–H and O–H groups in total. The van der Waals surface area contributed by atoms with Crippen molar-refractivity contribution in [3.05, 3.63) is 51.0 Å². The van der Waals surface area contributed by atoms with Crippen molar-refractivity contribution in [2.24, 2.45) is 11.8 Å². The Balaban J connectivity index is 2.01. The van der Waals surface area contributed by atoms with E-state index in [9.17, 15) is 4.79 Å². The first-order chi connectivity index (χ1) is 11.4. The summed E-state index contributed by atoms with van der Waals surface area (Å²) < 4.78 is 1.59. The number of aryl methyl sites for hydroxylation is 2. The van der Waals surface area contributed by atoms with Crippen molar-refractivity contribution >= 4 is 17.4 Å². The van der Waals surface area contributed by atoms with Crippen LogP contribution in [0.4, 0.5) is 5.82 Å². The summed E-state index contributed by atoms with van der Waals surface area (Å²) in [6.45, 7) is 10.2. The molecule has 0 unspecified atom stereocenters. The molecule has 1 aliphatic rings. The molecule has 1 fully saturated rings. The molecule has 1 saturated heterocycles. The second kappa shape index (κ2) is 6.60. The first kappa shape index (κ1) is 17.0. The van der Waals surface area contributed by atoms with Crippen LogP contribution in [0.25, 0.3) is 5.69 Å². The van der Waals surface area contributed by atoms with Gasteiger partial charge in [0.2, 0.25) is 0 Å². The van der Waals surface area contributed by atoms with Gasteiger partial charge in [-0.2, -0.15) is 0 Å². The van der Waals surface area contributed by atoms with E-state index in [1.807, 2.05) is 32.0 Å². The summed E-state index contributed by atoms with van der Waals surface area (Å²) in [6, 6.07) is 7.33. The van der Waals surface area contributed by atoms with Crippen LogP contribution in [0.3, 0.4) is 0 Å². The van der Waals surface area contributed by atoms with Crippen LogP contribution in [-0.4, -0.2) is 22.6 Å². The lowest BCUT2D eigenvalue weighted by Crippen LogP contribution is -2.40. The molecular weight excluding hydrogens is 322 g/mol. The number of hydrogen-bond acceptors (Lipinski definition) is 3. The Morgan fingerprint density at radius 1 is 1.21 bits per heavy atom. The lowest BCUT2D eigenvalue weighted by atomic mass is 9.89. The van der Waals surface area contributed by atoms with Crippen LogP contribution in [0.2, 0.25) is 5.02 Å². The van der Waals surface area contributed by atoms with Crippen molar-refractivity contribution in [2.75, 3.05) is 18.0 Å². The molecule has 1 aromatic carbocycles. The molecule has 128 valence electrons. The highest BCUT2D eigenvalue weighted by atomic mass is 35.5. The normalized spacial score (nSPS) is 21.1. The van der Waals surface area contributed by atoms with Crippen molar-refractivity contribution in [3.8, 4) is 5.69 Å². The van der Waals surface area contributed by atoms with Crippen molar-refractivity contribution in [1.82, 2.24) is 9.55 Å². The van der Waals surface area contributed by atoms with Gasteiger partial charge in [0.15, 0.2) is 0 Å². The summed E-state index contributed by atoms with van der Waals surface area (Å²) in [5.41, 5.74) is 1.55. The lowest BCUT2D eigenvalue weighted by molar-refractivity contribution is 0.322. The highest BCUT2D eigenvalue weighted by Gasteiger charge is 2.24. The van der Waals surface area contributed by atoms with Gasteiger partial charge in [0.05, 0.1) is 10.7 Å². The number of rotatable bonds is 2. The number of aromatic nitrogens is 2. The molecule has 0 amide bonds. The molecule has 0 spiro atoms. The average molecular weight is 346 g/mol. The fourth-order valence-electron chi connectivity index (χ4n) is 3.31. The molecule has 2 aromatic rings. The Morgan fingerprint density at radius 2 is 1.96 bits per heavy atom. The van der Waals surface area contributed by atoms with E-state index in [-0.39, 0.29) is 5.56 Å². The van der Waals surface area contributed by atoms with Gasteiger partial charge in [-0.1, -0.05) is 37.6 Å². The summed E-state index contributed by atoms with van der Waals surface area (Å²) in [6.07, 6.45) is 1.13. The third-order valence-electron chi connectivity index (χ3n) is 5.14. The van der Waals surface area contributed by atoms with E-state index in [4.69, 9.17) is 16.6 Å². The van der Waals surface area contributed by atoms with Crippen molar-refractivity contribution in [2.45, 2.75) is 34.1 Å². The van der Waals surface area contributed by atoms with Crippen LogP contribution in [0.1, 0.15) is 31.7 Å². The number of piperidine rings is 1. The summed E-state index contributed by atoms with van der Waals surface area (Å²) >= 11 is 6.40. The van der Waals surface area contributed by atoms with Gasteiger partial charge in [0.1, 0.15) is 11.6 Å².